The van der Waals surface area contributed by atoms with Crippen molar-refractivity contribution in [2.75, 3.05) is 0 Å². The number of carbonyl (C=O) groups is 3. The molecule has 1 aliphatic rings. The lowest BCUT2D eigenvalue weighted by molar-refractivity contribution is -0.147. The fraction of sp³-hybridized carbons (Fsp3) is 0.250. The molecule has 0 radical (unpaired) electrons. The average molecular weight is 338 g/mol. The zero-order chi connectivity index (χ0) is 18.0. The van der Waals surface area contributed by atoms with Crippen LogP contribution >= 0.6 is 0 Å². The molecule has 0 aromatic heterocycles. The number of benzene rings is 2. The molecule has 1 aliphatic heterocycles. The highest BCUT2D eigenvalue weighted by atomic mass is 16.6. The predicted molar refractivity (Wildman–Crippen MR) is 90.4 cm³/mol. The van der Waals surface area contributed by atoms with E-state index in [9.17, 15) is 14.4 Å². The maximum Gasteiger partial charge on any atom is 0.347 e. The van der Waals surface area contributed by atoms with Crippen molar-refractivity contribution >= 4 is 17.7 Å². The topological polar surface area (TPSA) is 69.7 Å². The van der Waals surface area contributed by atoms with Crippen molar-refractivity contribution in [3.05, 3.63) is 70.8 Å². The number of ether oxygens (including phenoxy) is 2. The Balaban J connectivity index is 1.85. The number of hydrogen-bond acceptors (Lipinski definition) is 5. The third kappa shape index (κ3) is 3.60. The summed E-state index contributed by atoms with van der Waals surface area (Å²) >= 11 is 0. The second-order valence-corrected chi connectivity index (χ2v) is 6.12. The van der Waals surface area contributed by atoms with Crippen molar-refractivity contribution < 1.29 is 23.9 Å². The third-order valence-electron chi connectivity index (χ3n) is 4.08. The number of carbonyl (C=O) groups excluding carboxylic acids is 3. The maximum atomic E-state index is 12.7. The maximum absolute atomic E-state index is 12.7. The molecule has 25 heavy (non-hydrogen) atoms. The van der Waals surface area contributed by atoms with Crippen LogP contribution in [0.25, 0.3) is 0 Å². The fourth-order valence-electron chi connectivity index (χ4n) is 2.73. The van der Waals surface area contributed by atoms with Gasteiger partial charge in [-0.3, -0.25) is 4.79 Å². The van der Waals surface area contributed by atoms with Crippen LogP contribution in [-0.2, 0) is 14.3 Å². The summed E-state index contributed by atoms with van der Waals surface area (Å²) in [6, 6.07) is 13.5. The number of cyclic esters (lactones) is 1. The first kappa shape index (κ1) is 16.9. The van der Waals surface area contributed by atoms with E-state index in [1.165, 1.54) is 6.07 Å². The zero-order valence-corrected chi connectivity index (χ0v) is 14.0. The van der Waals surface area contributed by atoms with Crippen LogP contribution in [0.15, 0.2) is 48.5 Å². The first-order valence-electron chi connectivity index (χ1n) is 8.07. The van der Waals surface area contributed by atoms with E-state index in [1.54, 1.807) is 37.3 Å². The van der Waals surface area contributed by atoms with E-state index in [0.29, 0.717) is 12.0 Å². The summed E-state index contributed by atoms with van der Waals surface area (Å²) in [6.07, 6.45) is -0.890. The highest BCUT2D eigenvalue weighted by Gasteiger charge is 2.35. The van der Waals surface area contributed by atoms with Crippen LogP contribution in [0.4, 0.5) is 0 Å². The Kier molecular flexibility index (Phi) is 4.65. The van der Waals surface area contributed by atoms with E-state index in [-0.39, 0.29) is 23.0 Å². The van der Waals surface area contributed by atoms with Crippen molar-refractivity contribution in [3.8, 4) is 0 Å². The molecule has 1 heterocycles. The van der Waals surface area contributed by atoms with E-state index >= 15 is 0 Å². The van der Waals surface area contributed by atoms with Crippen LogP contribution < -0.4 is 0 Å². The molecule has 0 N–H and O–H groups in total. The number of esters is 2. The molecule has 1 fully saturated rings. The van der Waals surface area contributed by atoms with Crippen LogP contribution in [0.3, 0.4) is 0 Å². The molecule has 5 heteroatoms. The summed E-state index contributed by atoms with van der Waals surface area (Å²) in [4.78, 5) is 36.9. The second-order valence-electron chi connectivity index (χ2n) is 6.12. The Labute approximate surface area is 145 Å². The third-order valence-corrected chi connectivity index (χ3v) is 4.08. The lowest BCUT2D eigenvalue weighted by atomic mass is 9.98. The summed E-state index contributed by atoms with van der Waals surface area (Å²) < 4.78 is 10.2. The van der Waals surface area contributed by atoms with E-state index in [0.717, 1.165) is 5.56 Å². The Morgan fingerprint density at radius 2 is 1.68 bits per heavy atom. The molecule has 0 saturated carbocycles. The van der Waals surface area contributed by atoms with Gasteiger partial charge >= 0.3 is 11.9 Å². The quantitative estimate of drug-likeness (QED) is 0.633. The van der Waals surface area contributed by atoms with Crippen molar-refractivity contribution in [1.82, 2.24) is 0 Å². The number of aryl methyl sites for hydroxylation is 1. The molecule has 2 aromatic rings. The van der Waals surface area contributed by atoms with Crippen LogP contribution in [0.1, 0.15) is 45.2 Å². The molecule has 0 aliphatic carbocycles. The summed E-state index contributed by atoms with van der Waals surface area (Å²) in [5.74, 6) is -1.52. The second kappa shape index (κ2) is 6.89. The first-order chi connectivity index (χ1) is 12.0. The van der Waals surface area contributed by atoms with Crippen LogP contribution in [-0.4, -0.2) is 29.9 Å². The molecular formula is C20H18O5. The molecule has 0 amide bonds. The predicted octanol–water partition coefficient (Wildman–Crippen LogP) is 3.09. The van der Waals surface area contributed by atoms with Gasteiger partial charge in [0, 0.05) is 17.5 Å². The first-order valence-corrected chi connectivity index (χ1v) is 8.07. The highest BCUT2D eigenvalue weighted by molar-refractivity contribution is 6.14. The Morgan fingerprint density at radius 1 is 1.04 bits per heavy atom. The van der Waals surface area contributed by atoms with Gasteiger partial charge in [-0.15, -0.1) is 0 Å². The smallest absolute Gasteiger partial charge is 0.347 e. The van der Waals surface area contributed by atoms with Gasteiger partial charge in [0.2, 0.25) is 6.10 Å². The van der Waals surface area contributed by atoms with E-state index in [2.05, 4.69) is 0 Å². The molecule has 0 spiro atoms. The average Bonchev–Trinajstić information content (AvgIpc) is 2.92. The minimum Gasteiger partial charge on any atom is -0.460 e. The molecule has 3 rings (SSSR count). The number of rotatable bonds is 4. The molecule has 5 nitrogen and oxygen atoms in total. The van der Waals surface area contributed by atoms with Gasteiger partial charge in [0.05, 0.1) is 5.56 Å². The van der Waals surface area contributed by atoms with Crippen LogP contribution in [0.2, 0.25) is 0 Å². The number of hydrogen-bond donors (Lipinski definition) is 0. The summed E-state index contributed by atoms with van der Waals surface area (Å²) in [5.41, 5.74) is 1.91. The summed E-state index contributed by atoms with van der Waals surface area (Å²) in [6.45, 7) is 3.67. The van der Waals surface area contributed by atoms with E-state index in [4.69, 9.17) is 9.47 Å². The zero-order valence-electron chi connectivity index (χ0n) is 14.0. The Morgan fingerprint density at radius 3 is 2.28 bits per heavy atom. The molecule has 2 aromatic carbocycles. The van der Waals surface area contributed by atoms with E-state index in [1.807, 2.05) is 19.1 Å². The minimum absolute atomic E-state index is 0.139. The molecule has 0 unspecified atom stereocenters. The lowest BCUT2D eigenvalue weighted by Crippen LogP contribution is -2.24. The van der Waals surface area contributed by atoms with Gasteiger partial charge in [-0.1, -0.05) is 48.0 Å². The van der Waals surface area contributed by atoms with Gasteiger partial charge in [0.1, 0.15) is 6.10 Å². The molecule has 128 valence electrons. The normalized spacial score (nSPS) is 19.4. The Bertz CT molecular complexity index is 822. The standard InChI is InChI=1S/C20H18O5/c1-12-7-9-14(10-8-12)18(21)15-5-3-4-6-16(15)19(22)25-17-11-13(2)24-20(17)23/h3-10,13,17H,11H2,1-2H3/t13-,17+/m0/s1. The largest absolute Gasteiger partial charge is 0.460 e. The van der Waals surface area contributed by atoms with Gasteiger partial charge < -0.3 is 9.47 Å². The lowest BCUT2D eigenvalue weighted by Gasteiger charge is -2.11. The van der Waals surface area contributed by atoms with Crippen molar-refractivity contribution in [2.24, 2.45) is 0 Å². The molecule has 2 atom stereocenters. The van der Waals surface area contributed by atoms with Gasteiger partial charge in [0.25, 0.3) is 0 Å². The monoisotopic (exact) mass is 338 g/mol. The Hall–Kier alpha value is -2.95. The summed E-state index contributed by atoms with van der Waals surface area (Å²) in [7, 11) is 0. The van der Waals surface area contributed by atoms with Crippen molar-refractivity contribution in [2.45, 2.75) is 32.5 Å². The SMILES string of the molecule is Cc1ccc(C(=O)c2ccccc2C(=O)O[C@@H]2C[C@H](C)OC2=O)cc1. The minimum atomic E-state index is -0.926. The summed E-state index contributed by atoms with van der Waals surface area (Å²) in [5, 5.41) is 0. The van der Waals surface area contributed by atoms with Crippen LogP contribution in [0, 0.1) is 6.92 Å². The molecule has 1 saturated heterocycles. The van der Waals surface area contributed by atoms with Crippen molar-refractivity contribution in [3.63, 3.8) is 0 Å². The van der Waals surface area contributed by atoms with E-state index < -0.39 is 18.0 Å². The van der Waals surface area contributed by atoms with Gasteiger partial charge in [0.15, 0.2) is 5.78 Å². The highest BCUT2D eigenvalue weighted by Crippen LogP contribution is 2.21. The molecule has 0 bridgehead atoms. The van der Waals surface area contributed by atoms with Gasteiger partial charge in [-0.05, 0) is 19.9 Å². The fourth-order valence-corrected chi connectivity index (χ4v) is 2.73. The van der Waals surface area contributed by atoms with Gasteiger partial charge in [-0.2, -0.15) is 0 Å². The van der Waals surface area contributed by atoms with Crippen molar-refractivity contribution in [1.29, 1.82) is 0 Å². The van der Waals surface area contributed by atoms with Gasteiger partial charge in [-0.25, -0.2) is 9.59 Å². The molecular weight excluding hydrogens is 320 g/mol. The number of ketones is 1. The van der Waals surface area contributed by atoms with Crippen LogP contribution in [0.5, 0.6) is 0 Å².